The minimum atomic E-state index is -0.572. The Balaban J connectivity index is 2.70. The van der Waals surface area contributed by atoms with Gasteiger partial charge in [-0.05, 0) is 12.1 Å². The number of benzene rings is 1. The standard InChI is InChI=1S/C11H8N2O4/c1-17-11(14)7-5-8-9(12-6-7)3-2-4-10(8)13(15)16/h2-6H,1H3. The Morgan fingerprint density at radius 1 is 1.47 bits per heavy atom. The number of ether oxygens (including phenoxy) is 1. The van der Waals surface area contributed by atoms with Gasteiger partial charge in [0.15, 0.2) is 0 Å². The van der Waals surface area contributed by atoms with Crippen LogP contribution in [0.5, 0.6) is 0 Å². The van der Waals surface area contributed by atoms with Gasteiger partial charge in [-0.3, -0.25) is 15.1 Å². The Labute approximate surface area is 96.0 Å². The van der Waals surface area contributed by atoms with Gasteiger partial charge in [-0.2, -0.15) is 0 Å². The molecule has 1 aromatic heterocycles. The van der Waals surface area contributed by atoms with Crippen LogP contribution in [-0.4, -0.2) is 23.0 Å². The maximum absolute atomic E-state index is 11.3. The second-order valence-electron chi connectivity index (χ2n) is 3.32. The van der Waals surface area contributed by atoms with Crippen molar-refractivity contribution in [2.75, 3.05) is 7.11 Å². The van der Waals surface area contributed by atoms with Crippen molar-refractivity contribution in [1.29, 1.82) is 0 Å². The third kappa shape index (κ3) is 1.92. The zero-order chi connectivity index (χ0) is 12.4. The fourth-order valence-corrected chi connectivity index (χ4v) is 1.52. The van der Waals surface area contributed by atoms with Gasteiger partial charge in [0.25, 0.3) is 5.69 Å². The number of carbonyl (C=O) groups is 1. The summed E-state index contributed by atoms with van der Waals surface area (Å²) in [6, 6.07) is 5.96. The van der Waals surface area contributed by atoms with Gasteiger partial charge in [0.2, 0.25) is 0 Å². The summed E-state index contributed by atoms with van der Waals surface area (Å²) in [7, 11) is 1.24. The van der Waals surface area contributed by atoms with E-state index in [1.54, 1.807) is 12.1 Å². The Bertz CT molecular complexity index is 609. The van der Waals surface area contributed by atoms with E-state index in [1.807, 2.05) is 0 Å². The first-order valence-corrected chi connectivity index (χ1v) is 4.75. The molecule has 0 spiro atoms. The van der Waals surface area contributed by atoms with Gasteiger partial charge in [-0.25, -0.2) is 4.79 Å². The van der Waals surface area contributed by atoms with Gasteiger partial charge in [0.05, 0.1) is 28.5 Å². The highest BCUT2D eigenvalue weighted by atomic mass is 16.6. The first-order valence-electron chi connectivity index (χ1n) is 4.75. The van der Waals surface area contributed by atoms with Gasteiger partial charge in [0, 0.05) is 12.3 Å². The van der Waals surface area contributed by atoms with Crippen LogP contribution in [0.3, 0.4) is 0 Å². The van der Waals surface area contributed by atoms with Crippen molar-refractivity contribution in [2.24, 2.45) is 0 Å². The van der Waals surface area contributed by atoms with E-state index in [4.69, 9.17) is 0 Å². The first kappa shape index (κ1) is 11.0. The van der Waals surface area contributed by atoms with Crippen molar-refractivity contribution in [3.63, 3.8) is 0 Å². The molecule has 6 heteroatoms. The normalized spacial score (nSPS) is 10.2. The molecular weight excluding hydrogens is 224 g/mol. The van der Waals surface area contributed by atoms with Gasteiger partial charge in [-0.1, -0.05) is 6.07 Å². The Kier molecular flexibility index (Phi) is 2.70. The molecule has 0 unspecified atom stereocenters. The summed E-state index contributed by atoms with van der Waals surface area (Å²) in [6.07, 6.45) is 1.33. The first-order chi connectivity index (χ1) is 8.13. The quantitative estimate of drug-likeness (QED) is 0.448. The van der Waals surface area contributed by atoms with Crippen LogP contribution in [0, 0.1) is 10.1 Å². The summed E-state index contributed by atoms with van der Waals surface area (Å²) in [6.45, 7) is 0. The smallest absolute Gasteiger partial charge is 0.339 e. The molecule has 0 atom stereocenters. The highest BCUT2D eigenvalue weighted by molar-refractivity contribution is 5.96. The molecule has 0 aliphatic carbocycles. The molecule has 0 N–H and O–H groups in total. The van der Waals surface area contributed by atoms with Crippen LogP contribution in [0.2, 0.25) is 0 Å². The third-order valence-corrected chi connectivity index (χ3v) is 2.32. The fourth-order valence-electron chi connectivity index (χ4n) is 1.52. The molecule has 1 heterocycles. The van der Waals surface area contributed by atoms with Crippen molar-refractivity contribution < 1.29 is 14.5 Å². The predicted molar refractivity (Wildman–Crippen MR) is 59.7 cm³/mol. The van der Waals surface area contributed by atoms with Crippen LogP contribution in [0.15, 0.2) is 30.5 Å². The third-order valence-electron chi connectivity index (χ3n) is 2.32. The van der Waals surface area contributed by atoms with E-state index >= 15 is 0 Å². The van der Waals surface area contributed by atoms with Gasteiger partial charge < -0.3 is 4.74 Å². The van der Waals surface area contributed by atoms with E-state index in [-0.39, 0.29) is 11.3 Å². The highest BCUT2D eigenvalue weighted by Crippen LogP contribution is 2.24. The Morgan fingerprint density at radius 2 is 2.24 bits per heavy atom. The lowest BCUT2D eigenvalue weighted by molar-refractivity contribution is -0.383. The maximum Gasteiger partial charge on any atom is 0.339 e. The summed E-state index contributed by atoms with van der Waals surface area (Å²) in [5.41, 5.74) is 0.571. The Hall–Kier alpha value is -2.50. The van der Waals surface area contributed by atoms with E-state index in [2.05, 4.69) is 9.72 Å². The van der Waals surface area contributed by atoms with E-state index in [1.165, 1.54) is 25.4 Å². The number of nitro groups is 1. The van der Waals surface area contributed by atoms with E-state index < -0.39 is 10.9 Å². The number of non-ortho nitro benzene ring substituents is 1. The molecule has 2 aromatic rings. The summed E-state index contributed by atoms with van der Waals surface area (Å²) in [4.78, 5) is 25.6. The lowest BCUT2D eigenvalue weighted by atomic mass is 10.1. The number of nitrogens with zero attached hydrogens (tertiary/aromatic N) is 2. The van der Waals surface area contributed by atoms with E-state index in [0.717, 1.165) is 0 Å². The molecule has 0 bridgehead atoms. The number of fused-ring (bicyclic) bond motifs is 1. The average molecular weight is 232 g/mol. The largest absolute Gasteiger partial charge is 0.465 e. The van der Waals surface area contributed by atoms with Crippen LogP contribution < -0.4 is 0 Å². The van der Waals surface area contributed by atoms with Crippen molar-refractivity contribution in [1.82, 2.24) is 4.98 Å². The number of nitro benzene ring substituents is 1. The molecule has 1 aromatic carbocycles. The molecule has 0 saturated carbocycles. The molecule has 0 aliphatic heterocycles. The lowest BCUT2D eigenvalue weighted by Crippen LogP contribution is -2.02. The summed E-state index contributed by atoms with van der Waals surface area (Å²) >= 11 is 0. The zero-order valence-corrected chi connectivity index (χ0v) is 8.91. The van der Waals surface area contributed by atoms with Gasteiger partial charge in [0.1, 0.15) is 0 Å². The molecular formula is C11H8N2O4. The summed E-state index contributed by atoms with van der Waals surface area (Å²) in [5.74, 6) is -0.572. The summed E-state index contributed by atoms with van der Waals surface area (Å²) < 4.78 is 4.54. The molecule has 0 radical (unpaired) electrons. The van der Waals surface area contributed by atoms with Crippen LogP contribution in [0.4, 0.5) is 5.69 Å². The minimum absolute atomic E-state index is 0.0826. The highest BCUT2D eigenvalue weighted by Gasteiger charge is 2.14. The average Bonchev–Trinajstić information content (AvgIpc) is 2.36. The number of rotatable bonds is 2. The number of esters is 1. The SMILES string of the molecule is COC(=O)c1cnc2cccc([N+](=O)[O-])c2c1. The van der Waals surface area contributed by atoms with Crippen molar-refractivity contribution in [3.05, 3.63) is 46.1 Å². The minimum Gasteiger partial charge on any atom is -0.465 e. The molecule has 17 heavy (non-hydrogen) atoms. The molecule has 86 valence electrons. The second kappa shape index (κ2) is 4.17. The fraction of sp³-hybridized carbons (Fsp3) is 0.0909. The number of hydrogen-bond donors (Lipinski definition) is 0. The van der Waals surface area contributed by atoms with Crippen LogP contribution >= 0.6 is 0 Å². The lowest BCUT2D eigenvalue weighted by Gasteiger charge is -2.01. The molecule has 0 amide bonds. The number of carbonyl (C=O) groups excluding carboxylic acids is 1. The van der Waals surface area contributed by atoms with Gasteiger partial charge in [-0.15, -0.1) is 0 Å². The van der Waals surface area contributed by atoms with Crippen molar-refractivity contribution >= 4 is 22.6 Å². The molecule has 0 aliphatic rings. The maximum atomic E-state index is 11.3. The van der Waals surface area contributed by atoms with E-state index in [9.17, 15) is 14.9 Å². The van der Waals surface area contributed by atoms with Crippen LogP contribution in [-0.2, 0) is 4.74 Å². The molecule has 6 nitrogen and oxygen atoms in total. The number of methoxy groups -OCH3 is 1. The van der Waals surface area contributed by atoms with Crippen LogP contribution in [0.1, 0.15) is 10.4 Å². The summed E-state index contributed by atoms with van der Waals surface area (Å²) in [5, 5.41) is 11.1. The number of hydrogen-bond acceptors (Lipinski definition) is 5. The molecule has 2 rings (SSSR count). The Morgan fingerprint density at radius 3 is 2.88 bits per heavy atom. The van der Waals surface area contributed by atoms with E-state index in [0.29, 0.717) is 10.9 Å². The van der Waals surface area contributed by atoms with Crippen molar-refractivity contribution in [3.8, 4) is 0 Å². The van der Waals surface area contributed by atoms with Crippen LogP contribution in [0.25, 0.3) is 10.9 Å². The number of aromatic nitrogens is 1. The number of pyridine rings is 1. The zero-order valence-electron chi connectivity index (χ0n) is 8.91. The topological polar surface area (TPSA) is 82.3 Å². The van der Waals surface area contributed by atoms with Crippen molar-refractivity contribution in [2.45, 2.75) is 0 Å². The van der Waals surface area contributed by atoms with Gasteiger partial charge >= 0.3 is 5.97 Å². The second-order valence-corrected chi connectivity index (χ2v) is 3.32. The molecule has 0 saturated heterocycles. The predicted octanol–water partition coefficient (Wildman–Crippen LogP) is 1.93. The molecule has 0 fully saturated rings. The monoisotopic (exact) mass is 232 g/mol.